The van der Waals surface area contributed by atoms with Crippen molar-refractivity contribution in [3.05, 3.63) is 35.9 Å². The molecular formula is C18H26ClN3O5S. The third-order valence-corrected chi connectivity index (χ3v) is 7.01. The summed E-state index contributed by atoms with van der Waals surface area (Å²) in [6.45, 7) is 2.50. The zero-order chi connectivity index (χ0) is 19.4. The second-order valence-corrected chi connectivity index (χ2v) is 9.05. The van der Waals surface area contributed by atoms with E-state index in [1.807, 2.05) is 23.1 Å². The number of hydrogen-bond acceptors (Lipinski definition) is 5. The van der Waals surface area contributed by atoms with Crippen LogP contribution in [0.1, 0.15) is 12.0 Å². The van der Waals surface area contributed by atoms with Crippen molar-refractivity contribution >= 4 is 34.3 Å². The number of piperazine rings is 1. The van der Waals surface area contributed by atoms with Crippen molar-refractivity contribution in [2.45, 2.75) is 12.2 Å². The largest absolute Gasteiger partial charge is 0.481 e. The minimum absolute atomic E-state index is 0. The van der Waals surface area contributed by atoms with E-state index in [2.05, 4.69) is 0 Å². The van der Waals surface area contributed by atoms with Gasteiger partial charge in [0.1, 0.15) is 0 Å². The van der Waals surface area contributed by atoms with Crippen LogP contribution < -0.4 is 0 Å². The SMILES string of the molecule is Cl.O=C(O)C1CCN(CC(=O)N2CCN(S(=O)(=O)Cc3ccccc3)CC2)C1. The van der Waals surface area contributed by atoms with Crippen molar-refractivity contribution in [2.24, 2.45) is 5.92 Å². The fourth-order valence-corrected chi connectivity index (χ4v) is 5.08. The molecule has 156 valence electrons. The van der Waals surface area contributed by atoms with Crippen LogP contribution in [-0.4, -0.2) is 85.3 Å². The van der Waals surface area contributed by atoms with Gasteiger partial charge in [-0.2, -0.15) is 4.31 Å². The number of carbonyl (C=O) groups excluding carboxylic acids is 1. The molecule has 1 amide bonds. The Hall–Kier alpha value is -1.68. The second-order valence-electron chi connectivity index (χ2n) is 7.08. The zero-order valence-corrected chi connectivity index (χ0v) is 17.2. The Balaban J connectivity index is 0.00000280. The van der Waals surface area contributed by atoms with E-state index in [4.69, 9.17) is 5.11 Å². The minimum Gasteiger partial charge on any atom is -0.481 e. The number of amides is 1. The fraction of sp³-hybridized carbons (Fsp3) is 0.556. The summed E-state index contributed by atoms with van der Waals surface area (Å²) in [5.41, 5.74) is 0.748. The molecule has 1 aromatic rings. The Labute approximate surface area is 171 Å². The number of halogens is 1. The highest BCUT2D eigenvalue weighted by molar-refractivity contribution is 7.88. The summed E-state index contributed by atoms with van der Waals surface area (Å²) in [5, 5.41) is 9.04. The molecule has 0 aliphatic carbocycles. The van der Waals surface area contributed by atoms with Gasteiger partial charge in [0.05, 0.1) is 18.2 Å². The van der Waals surface area contributed by atoms with Crippen molar-refractivity contribution < 1.29 is 23.1 Å². The quantitative estimate of drug-likeness (QED) is 0.703. The Kier molecular flexibility index (Phi) is 7.82. The van der Waals surface area contributed by atoms with Crippen LogP contribution >= 0.6 is 12.4 Å². The lowest BCUT2D eigenvalue weighted by molar-refractivity contribution is -0.141. The standard InChI is InChI=1S/C18H25N3O5S.ClH/c22-17(13-19-7-6-16(12-19)18(23)24)20-8-10-21(11-9-20)27(25,26)14-15-4-2-1-3-5-15;/h1-5,16H,6-14H2,(H,23,24);1H. The van der Waals surface area contributed by atoms with Crippen LogP contribution in [0.15, 0.2) is 30.3 Å². The monoisotopic (exact) mass is 431 g/mol. The lowest BCUT2D eigenvalue weighted by atomic mass is 10.1. The summed E-state index contributed by atoms with van der Waals surface area (Å²) in [7, 11) is -3.41. The number of carbonyl (C=O) groups is 2. The van der Waals surface area contributed by atoms with E-state index in [9.17, 15) is 18.0 Å². The molecule has 10 heteroatoms. The van der Waals surface area contributed by atoms with Gasteiger partial charge in [-0.05, 0) is 18.5 Å². The first-order chi connectivity index (χ1) is 12.8. The van der Waals surface area contributed by atoms with Crippen LogP contribution in [-0.2, 0) is 25.4 Å². The fourth-order valence-electron chi connectivity index (χ4n) is 3.56. The first-order valence-corrected chi connectivity index (χ1v) is 10.7. The molecule has 8 nitrogen and oxygen atoms in total. The van der Waals surface area contributed by atoms with Crippen LogP contribution in [0, 0.1) is 5.92 Å². The van der Waals surface area contributed by atoms with E-state index >= 15 is 0 Å². The van der Waals surface area contributed by atoms with Crippen molar-refractivity contribution in [2.75, 3.05) is 45.8 Å². The van der Waals surface area contributed by atoms with Gasteiger partial charge in [0, 0.05) is 32.7 Å². The van der Waals surface area contributed by atoms with Gasteiger partial charge in [-0.3, -0.25) is 14.5 Å². The molecule has 0 spiro atoms. The molecule has 1 aromatic carbocycles. The van der Waals surface area contributed by atoms with Crippen LogP contribution in [0.5, 0.6) is 0 Å². The Morgan fingerprint density at radius 3 is 2.25 bits per heavy atom. The molecule has 3 rings (SSSR count). The average molecular weight is 432 g/mol. The molecule has 0 saturated carbocycles. The highest BCUT2D eigenvalue weighted by Crippen LogP contribution is 2.17. The number of aliphatic carboxylic acids is 1. The van der Waals surface area contributed by atoms with Gasteiger partial charge in [-0.15, -0.1) is 12.4 Å². The van der Waals surface area contributed by atoms with Crippen molar-refractivity contribution in [1.82, 2.24) is 14.1 Å². The minimum atomic E-state index is -3.41. The van der Waals surface area contributed by atoms with E-state index in [-0.39, 0.29) is 30.6 Å². The van der Waals surface area contributed by atoms with E-state index in [0.29, 0.717) is 45.7 Å². The molecule has 0 bridgehead atoms. The predicted molar refractivity (Wildman–Crippen MR) is 107 cm³/mol. The van der Waals surface area contributed by atoms with Crippen molar-refractivity contribution in [3.63, 3.8) is 0 Å². The van der Waals surface area contributed by atoms with Crippen LogP contribution in [0.25, 0.3) is 0 Å². The first-order valence-electron chi connectivity index (χ1n) is 9.10. The van der Waals surface area contributed by atoms with Crippen LogP contribution in [0.3, 0.4) is 0 Å². The van der Waals surface area contributed by atoms with Crippen LogP contribution in [0.2, 0.25) is 0 Å². The number of carboxylic acids is 1. The maximum Gasteiger partial charge on any atom is 0.307 e. The smallest absolute Gasteiger partial charge is 0.307 e. The third kappa shape index (κ3) is 5.66. The van der Waals surface area contributed by atoms with E-state index in [0.717, 1.165) is 5.56 Å². The predicted octanol–water partition coefficient (Wildman–Crippen LogP) is 0.489. The van der Waals surface area contributed by atoms with Gasteiger partial charge in [-0.25, -0.2) is 8.42 Å². The van der Waals surface area contributed by atoms with Crippen LogP contribution in [0.4, 0.5) is 0 Å². The number of rotatable bonds is 6. The number of hydrogen-bond donors (Lipinski definition) is 1. The number of benzene rings is 1. The van der Waals surface area contributed by atoms with E-state index in [1.54, 1.807) is 17.0 Å². The Morgan fingerprint density at radius 1 is 1.04 bits per heavy atom. The Morgan fingerprint density at radius 2 is 1.68 bits per heavy atom. The van der Waals surface area contributed by atoms with Gasteiger partial charge in [0.15, 0.2) is 0 Å². The molecule has 2 fully saturated rings. The summed E-state index contributed by atoms with van der Waals surface area (Å²) in [5.74, 6) is -1.33. The van der Waals surface area contributed by atoms with Gasteiger partial charge in [0.25, 0.3) is 0 Å². The number of nitrogens with zero attached hydrogens (tertiary/aromatic N) is 3. The molecule has 2 aliphatic rings. The molecule has 0 radical (unpaired) electrons. The average Bonchev–Trinajstić information content (AvgIpc) is 3.11. The summed E-state index contributed by atoms with van der Waals surface area (Å²) in [6.07, 6.45) is 0.564. The molecule has 2 heterocycles. The maximum atomic E-state index is 12.6. The van der Waals surface area contributed by atoms with Gasteiger partial charge in [0.2, 0.25) is 15.9 Å². The summed E-state index contributed by atoms with van der Waals surface area (Å²) >= 11 is 0. The molecule has 28 heavy (non-hydrogen) atoms. The summed E-state index contributed by atoms with van der Waals surface area (Å²) < 4.78 is 26.6. The topological polar surface area (TPSA) is 98.2 Å². The highest BCUT2D eigenvalue weighted by atomic mass is 35.5. The zero-order valence-electron chi connectivity index (χ0n) is 15.6. The van der Waals surface area contributed by atoms with Gasteiger partial charge < -0.3 is 10.0 Å². The van der Waals surface area contributed by atoms with E-state index in [1.165, 1.54) is 4.31 Å². The molecule has 0 aromatic heterocycles. The Bertz CT molecular complexity index is 782. The van der Waals surface area contributed by atoms with Gasteiger partial charge in [-0.1, -0.05) is 30.3 Å². The molecule has 2 aliphatic heterocycles. The molecule has 1 atom stereocenters. The van der Waals surface area contributed by atoms with Gasteiger partial charge >= 0.3 is 5.97 Å². The lowest BCUT2D eigenvalue weighted by Crippen LogP contribution is -2.52. The second kappa shape index (κ2) is 9.69. The molecular weight excluding hydrogens is 406 g/mol. The third-order valence-electron chi connectivity index (χ3n) is 5.16. The summed E-state index contributed by atoms with van der Waals surface area (Å²) in [6, 6.07) is 9.05. The highest BCUT2D eigenvalue weighted by Gasteiger charge is 2.32. The maximum absolute atomic E-state index is 12.6. The summed E-state index contributed by atoms with van der Waals surface area (Å²) in [4.78, 5) is 27.0. The number of likely N-dealkylation sites (tertiary alicyclic amines) is 1. The normalized spacial score (nSPS) is 21.3. The van der Waals surface area contributed by atoms with Crippen molar-refractivity contribution in [3.8, 4) is 0 Å². The van der Waals surface area contributed by atoms with E-state index < -0.39 is 21.9 Å². The lowest BCUT2D eigenvalue weighted by Gasteiger charge is -2.34. The number of carboxylic acid groups (broad SMARTS) is 1. The molecule has 1 unspecified atom stereocenters. The molecule has 1 N–H and O–H groups in total. The first kappa shape index (κ1) is 22.6. The van der Waals surface area contributed by atoms with Crippen molar-refractivity contribution in [1.29, 1.82) is 0 Å². The number of sulfonamides is 1. The molecule has 2 saturated heterocycles.